The molecule has 5 nitrogen and oxygen atoms in total. The topological polar surface area (TPSA) is 75.4 Å². The second-order valence-corrected chi connectivity index (χ2v) is 5.38. The first-order valence-electron chi connectivity index (χ1n) is 6.74. The van der Waals surface area contributed by atoms with E-state index >= 15 is 0 Å². The summed E-state index contributed by atoms with van der Waals surface area (Å²) < 4.78 is 39.1. The summed E-state index contributed by atoms with van der Waals surface area (Å²) in [6, 6.07) is -3.09. The molecule has 114 valence electrons. The van der Waals surface area contributed by atoms with E-state index in [0.29, 0.717) is 17.7 Å². The lowest BCUT2D eigenvalue weighted by Gasteiger charge is -2.32. The maximum atomic E-state index is 13.0. The van der Waals surface area contributed by atoms with Crippen LogP contribution in [0, 0.1) is 0 Å². The number of carbonyl (C=O) groups is 2. The van der Waals surface area contributed by atoms with E-state index in [1.807, 2.05) is 0 Å². The summed E-state index contributed by atoms with van der Waals surface area (Å²) in [5.74, 6) is -0.752. The highest BCUT2D eigenvalue weighted by atomic mass is 19.4. The number of halogens is 3. The van der Waals surface area contributed by atoms with Crippen LogP contribution in [0.5, 0.6) is 0 Å². The molecule has 2 fully saturated rings. The van der Waals surface area contributed by atoms with Crippen LogP contribution in [-0.2, 0) is 4.79 Å². The van der Waals surface area contributed by atoms with Crippen molar-refractivity contribution in [3.63, 3.8) is 0 Å². The van der Waals surface area contributed by atoms with Gasteiger partial charge in [0, 0.05) is 0 Å². The van der Waals surface area contributed by atoms with Crippen molar-refractivity contribution in [3.05, 3.63) is 0 Å². The Morgan fingerprint density at radius 2 is 1.85 bits per heavy atom. The molecule has 0 radical (unpaired) electrons. The maximum Gasteiger partial charge on any atom is 0.409 e. The van der Waals surface area contributed by atoms with Crippen molar-refractivity contribution >= 4 is 11.9 Å². The van der Waals surface area contributed by atoms with Gasteiger partial charge in [-0.3, -0.25) is 4.79 Å². The van der Waals surface area contributed by atoms with Gasteiger partial charge in [0.05, 0.1) is 0 Å². The van der Waals surface area contributed by atoms with Crippen LogP contribution in [0.2, 0.25) is 0 Å². The smallest absolute Gasteiger partial charge is 0.330 e. The number of hydrogen-bond donors (Lipinski definition) is 2. The first-order chi connectivity index (χ1) is 9.32. The zero-order chi connectivity index (χ0) is 15.0. The van der Waals surface area contributed by atoms with Crippen LogP contribution in [-0.4, -0.2) is 41.1 Å². The van der Waals surface area contributed by atoms with Gasteiger partial charge in [-0.25, -0.2) is 9.69 Å². The van der Waals surface area contributed by atoms with Crippen LogP contribution >= 0.6 is 0 Å². The molecule has 3 N–H and O–H groups in total. The molecule has 0 aromatic rings. The van der Waals surface area contributed by atoms with E-state index in [2.05, 4.69) is 5.32 Å². The Bertz CT molecular complexity index is 405. The molecular weight excluding hydrogens is 275 g/mol. The second kappa shape index (κ2) is 5.23. The molecule has 2 aliphatic rings. The lowest BCUT2D eigenvalue weighted by Crippen LogP contribution is -2.52. The normalized spacial score (nSPS) is 24.1. The number of nitrogens with one attached hydrogen (secondary N) is 1. The van der Waals surface area contributed by atoms with Gasteiger partial charge >= 0.3 is 12.2 Å². The second-order valence-electron chi connectivity index (χ2n) is 5.38. The molecule has 0 bridgehead atoms. The third-order valence-corrected chi connectivity index (χ3v) is 4.03. The zero-order valence-electron chi connectivity index (χ0n) is 11.0. The number of nitrogens with two attached hydrogens (primary N) is 1. The minimum absolute atomic E-state index is 0.242. The summed E-state index contributed by atoms with van der Waals surface area (Å²) in [4.78, 5) is 24.6. The number of rotatable bonds is 3. The SMILES string of the molecule is NCCC(N1C(=O)NC2(CCCCC2)C1=O)C(F)(F)F. The molecule has 2 rings (SSSR count). The average Bonchev–Trinajstić information content (AvgIpc) is 2.58. The molecule has 1 saturated heterocycles. The summed E-state index contributed by atoms with van der Waals surface area (Å²) in [6.45, 7) is -0.242. The molecule has 1 heterocycles. The highest BCUT2D eigenvalue weighted by molar-refractivity contribution is 6.07. The summed E-state index contributed by atoms with van der Waals surface area (Å²) in [5.41, 5.74) is 4.05. The molecule has 0 aromatic carbocycles. The van der Waals surface area contributed by atoms with Gasteiger partial charge in [-0.1, -0.05) is 19.3 Å². The van der Waals surface area contributed by atoms with Crippen molar-refractivity contribution in [2.45, 2.75) is 56.3 Å². The molecule has 0 aromatic heterocycles. The van der Waals surface area contributed by atoms with Crippen LogP contribution in [0.25, 0.3) is 0 Å². The van der Waals surface area contributed by atoms with E-state index < -0.39 is 36.1 Å². The lowest BCUT2D eigenvalue weighted by molar-refractivity contribution is -0.182. The Morgan fingerprint density at radius 3 is 2.35 bits per heavy atom. The van der Waals surface area contributed by atoms with Crippen molar-refractivity contribution in [1.82, 2.24) is 10.2 Å². The number of nitrogens with zero attached hydrogens (tertiary/aromatic N) is 1. The van der Waals surface area contributed by atoms with Gasteiger partial charge in [-0.05, 0) is 25.8 Å². The molecule has 20 heavy (non-hydrogen) atoms. The first-order valence-corrected chi connectivity index (χ1v) is 6.74. The molecule has 3 amide bonds. The minimum atomic E-state index is -4.66. The van der Waals surface area contributed by atoms with E-state index in [0.717, 1.165) is 19.3 Å². The molecule has 1 unspecified atom stereocenters. The van der Waals surface area contributed by atoms with E-state index in [1.54, 1.807) is 0 Å². The van der Waals surface area contributed by atoms with Crippen LogP contribution in [0.3, 0.4) is 0 Å². The molecule has 1 spiro atoms. The Hall–Kier alpha value is -1.31. The van der Waals surface area contributed by atoms with E-state index in [1.165, 1.54) is 0 Å². The molecule has 8 heteroatoms. The van der Waals surface area contributed by atoms with Crippen molar-refractivity contribution in [2.75, 3.05) is 6.54 Å². The van der Waals surface area contributed by atoms with Gasteiger partial charge < -0.3 is 11.1 Å². The number of amides is 3. The highest BCUT2D eigenvalue weighted by Crippen LogP contribution is 2.37. The fourth-order valence-corrected chi connectivity index (χ4v) is 3.02. The summed E-state index contributed by atoms with van der Waals surface area (Å²) >= 11 is 0. The maximum absolute atomic E-state index is 13.0. The van der Waals surface area contributed by atoms with Crippen molar-refractivity contribution in [3.8, 4) is 0 Å². The third kappa shape index (κ3) is 2.48. The molecule has 1 aliphatic heterocycles. The van der Waals surface area contributed by atoms with Crippen molar-refractivity contribution in [1.29, 1.82) is 0 Å². The summed E-state index contributed by atoms with van der Waals surface area (Å²) in [6.07, 6.45) is -1.94. The Labute approximate surface area is 114 Å². The number of urea groups is 1. The predicted octanol–water partition coefficient (Wildman–Crippen LogP) is 1.52. The molecule has 1 aliphatic carbocycles. The van der Waals surface area contributed by atoms with E-state index in [-0.39, 0.29) is 6.54 Å². The number of hydrogen-bond acceptors (Lipinski definition) is 3. The monoisotopic (exact) mass is 293 g/mol. The fourth-order valence-electron chi connectivity index (χ4n) is 3.02. The van der Waals surface area contributed by atoms with Gasteiger partial charge in [0.1, 0.15) is 11.6 Å². The van der Waals surface area contributed by atoms with Gasteiger partial charge in [0.2, 0.25) is 0 Å². The van der Waals surface area contributed by atoms with Gasteiger partial charge in [0.25, 0.3) is 5.91 Å². The standard InChI is InChI=1S/C12H18F3N3O2/c13-12(14,15)8(4-7-16)18-9(19)11(17-10(18)20)5-2-1-3-6-11/h8H,1-7,16H2,(H,17,20). The third-order valence-electron chi connectivity index (χ3n) is 4.03. The van der Waals surface area contributed by atoms with Crippen LogP contribution in [0.15, 0.2) is 0 Å². The summed E-state index contributed by atoms with van der Waals surface area (Å²) in [7, 11) is 0. The van der Waals surface area contributed by atoms with E-state index in [9.17, 15) is 22.8 Å². The molecular formula is C12H18F3N3O2. The van der Waals surface area contributed by atoms with Crippen LogP contribution < -0.4 is 11.1 Å². The average molecular weight is 293 g/mol. The summed E-state index contributed by atoms with van der Waals surface area (Å²) in [5, 5.41) is 2.48. The lowest BCUT2D eigenvalue weighted by atomic mass is 9.81. The van der Waals surface area contributed by atoms with Gasteiger partial charge in [-0.2, -0.15) is 13.2 Å². The quantitative estimate of drug-likeness (QED) is 0.775. The number of alkyl halides is 3. The van der Waals surface area contributed by atoms with Crippen LogP contribution in [0.4, 0.5) is 18.0 Å². The van der Waals surface area contributed by atoms with E-state index in [4.69, 9.17) is 5.73 Å². The van der Waals surface area contributed by atoms with Gasteiger partial charge in [-0.15, -0.1) is 0 Å². The Balaban J connectivity index is 2.27. The first kappa shape index (κ1) is 15.1. The van der Waals surface area contributed by atoms with Gasteiger partial charge in [0.15, 0.2) is 0 Å². The van der Waals surface area contributed by atoms with Crippen molar-refractivity contribution < 1.29 is 22.8 Å². The Kier molecular flexibility index (Phi) is 3.95. The van der Waals surface area contributed by atoms with Crippen molar-refractivity contribution in [2.24, 2.45) is 5.73 Å². The minimum Gasteiger partial charge on any atom is -0.330 e. The zero-order valence-corrected chi connectivity index (χ0v) is 11.0. The Morgan fingerprint density at radius 1 is 1.25 bits per heavy atom. The largest absolute Gasteiger partial charge is 0.409 e. The van der Waals surface area contributed by atoms with Crippen LogP contribution in [0.1, 0.15) is 38.5 Å². The fraction of sp³-hybridized carbons (Fsp3) is 0.833. The molecule has 1 atom stereocenters. The molecule has 1 saturated carbocycles. The highest BCUT2D eigenvalue weighted by Gasteiger charge is 2.58. The predicted molar refractivity (Wildman–Crippen MR) is 64.7 cm³/mol. The number of carbonyl (C=O) groups excluding carboxylic acids is 2. The number of imide groups is 1.